The number of hydrogen-bond acceptors (Lipinski definition) is 7. The molecule has 6 aliphatic rings. The highest BCUT2D eigenvalue weighted by Gasteiger charge is 2.79. The normalized spacial score (nSPS) is 36.4. The van der Waals surface area contributed by atoms with E-state index in [1.165, 1.54) is 16.7 Å². The highest BCUT2D eigenvalue weighted by atomic mass is 16.6. The van der Waals surface area contributed by atoms with Crippen molar-refractivity contribution in [2.45, 2.75) is 55.3 Å². The van der Waals surface area contributed by atoms with Gasteiger partial charge >= 0.3 is 0 Å². The molecule has 0 N–H and O–H groups in total. The van der Waals surface area contributed by atoms with Crippen LogP contribution in [-0.4, -0.2) is 60.7 Å². The number of methoxy groups -OCH3 is 2. The predicted octanol–water partition coefficient (Wildman–Crippen LogP) is 4.44. The van der Waals surface area contributed by atoms with E-state index in [-0.39, 0.29) is 22.9 Å². The molecule has 6 atom stereocenters. The number of rotatable bonds is 4. The minimum Gasteiger partial charge on any atom is -0.493 e. The third-order valence-electron chi connectivity index (χ3n) is 10.3. The summed E-state index contributed by atoms with van der Waals surface area (Å²) in [6, 6.07) is 12.9. The Kier molecular flexibility index (Phi) is 4.15. The number of benzene rings is 2. The zero-order chi connectivity index (χ0) is 25.2. The summed E-state index contributed by atoms with van der Waals surface area (Å²) in [5, 5.41) is 9.09. The summed E-state index contributed by atoms with van der Waals surface area (Å²) in [5.41, 5.74) is 3.82. The number of likely N-dealkylation sites (tertiary alicyclic amines) is 1. The highest BCUT2D eigenvalue weighted by molar-refractivity contribution is 5.66. The number of likely N-dealkylation sites (N-methyl/N-ethyl adjacent to an activating group) is 1. The highest BCUT2D eigenvalue weighted by Crippen LogP contribution is 2.75. The van der Waals surface area contributed by atoms with Crippen LogP contribution in [0.15, 0.2) is 53.0 Å². The van der Waals surface area contributed by atoms with Crippen molar-refractivity contribution in [3.8, 4) is 23.0 Å². The van der Waals surface area contributed by atoms with Crippen LogP contribution in [0.5, 0.6) is 11.5 Å². The minimum absolute atomic E-state index is 0.122. The molecule has 4 aliphatic carbocycles. The molecule has 7 heteroatoms. The van der Waals surface area contributed by atoms with Gasteiger partial charge in [0, 0.05) is 29.7 Å². The van der Waals surface area contributed by atoms with Gasteiger partial charge in [-0.15, -0.1) is 10.2 Å². The molecule has 2 fully saturated rings. The van der Waals surface area contributed by atoms with Gasteiger partial charge in [-0.3, -0.25) is 0 Å². The van der Waals surface area contributed by atoms with Gasteiger partial charge in [-0.1, -0.05) is 35.9 Å². The van der Waals surface area contributed by atoms with Crippen LogP contribution < -0.4 is 9.47 Å². The van der Waals surface area contributed by atoms with Crippen molar-refractivity contribution < 1.29 is 18.6 Å². The van der Waals surface area contributed by atoms with Crippen LogP contribution in [0.1, 0.15) is 41.3 Å². The van der Waals surface area contributed by atoms with Gasteiger partial charge in [0.1, 0.15) is 11.7 Å². The Morgan fingerprint density at radius 2 is 1.89 bits per heavy atom. The van der Waals surface area contributed by atoms with Crippen LogP contribution in [0.25, 0.3) is 11.5 Å². The maximum atomic E-state index is 7.01. The average Bonchev–Trinajstić information content (AvgIpc) is 3.55. The molecule has 3 heterocycles. The van der Waals surface area contributed by atoms with Crippen LogP contribution >= 0.6 is 0 Å². The van der Waals surface area contributed by atoms with Crippen LogP contribution in [0, 0.1) is 12.3 Å². The molecule has 9 rings (SSSR count). The standard InChI is InChI=1S/C30H31N3O4/c1-17-5-7-18(8-6-17)25-31-32-26(37-25)20-16-28-11-12-30(20,35-4)27-29(28)13-14-33(2)22(28)15-19-9-10-21(34-3)24(36-27)23(19)29/h5-12,20,22,27H,13-16H2,1-4H3/t20-,22-,27-,28-,29+,30-/m1/s1. The van der Waals surface area contributed by atoms with Gasteiger partial charge in [0.25, 0.3) is 0 Å². The molecular formula is C30H31N3O4. The summed E-state index contributed by atoms with van der Waals surface area (Å²) >= 11 is 0. The summed E-state index contributed by atoms with van der Waals surface area (Å²) < 4.78 is 25.8. The smallest absolute Gasteiger partial charge is 0.247 e. The first-order valence-corrected chi connectivity index (χ1v) is 13.2. The number of hydrogen-bond donors (Lipinski definition) is 0. The van der Waals surface area contributed by atoms with E-state index in [4.69, 9.17) is 18.6 Å². The molecular weight excluding hydrogens is 466 g/mol. The second kappa shape index (κ2) is 7.03. The fourth-order valence-electron chi connectivity index (χ4n) is 8.67. The number of piperidine rings is 1. The quantitative estimate of drug-likeness (QED) is 0.494. The van der Waals surface area contributed by atoms with E-state index in [1.54, 1.807) is 14.2 Å². The second-order valence-electron chi connectivity index (χ2n) is 11.6. The summed E-state index contributed by atoms with van der Waals surface area (Å²) in [4.78, 5) is 2.55. The molecule has 3 aromatic rings. The van der Waals surface area contributed by atoms with E-state index in [0.29, 0.717) is 17.8 Å². The number of aromatic nitrogens is 2. The molecule has 190 valence electrons. The number of fused-ring (bicyclic) bond motifs is 1. The Balaban J connectivity index is 1.33. The lowest BCUT2D eigenvalue weighted by molar-refractivity contribution is -0.200. The van der Waals surface area contributed by atoms with Crippen molar-refractivity contribution >= 4 is 0 Å². The van der Waals surface area contributed by atoms with E-state index in [0.717, 1.165) is 42.9 Å². The van der Waals surface area contributed by atoms with Crippen LogP contribution in [0.2, 0.25) is 0 Å². The van der Waals surface area contributed by atoms with E-state index in [1.807, 2.05) is 12.1 Å². The first-order valence-electron chi connectivity index (χ1n) is 13.2. The van der Waals surface area contributed by atoms with Crippen molar-refractivity contribution in [1.82, 2.24) is 15.1 Å². The van der Waals surface area contributed by atoms with E-state index in [2.05, 4.69) is 65.5 Å². The van der Waals surface area contributed by atoms with Crippen molar-refractivity contribution in [1.29, 1.82) is 0 Å². The third kappa shape index (κ3) is 2.37. The molecule has 37 heavy (non-hydrogen) atoms. The van der Waals surface area contributed by atoms with Crippen molar-refractivity contribution in [3.63, 3.8) is 0 Å². The zero-order valence-electron chi connectivity index (χ0n) is 21.7. The van der Waals surface area contributed by atoms with Gasteiger partial charge in [-0.25, -0.2) is 0 Å². The topological polar surface area (TPSA) is 69.8 Å². The Bertz CT molecular complexity index is 1460. The molecule has 2 spiro atoms. The van der Waals surface area contributed by atoms with E-state index < -0.39 is 5.60 Å². The molecule has 4 bridgehead atoms. The Morgan fingerprint density at radius 1 is 1.05 bits per heavy atom. The van der Waals surface area contributed by atoms with Gasteiger partial charge < -0.3 is 23.5 Å². The summed E-state index contributed by atoms with van der Waals surface area (Å²) in [6.45, 7) is 3.10. The number of aryl methyl sites for hydroxylation is 1. The van der Waals surface area contributed by atoms with E-state index in [9.17, 15) is 0 Å². The summed E-state index contributed by atoms with van der Waals surface area (Å²) in [5.74, 6) is 2.74. The fraction of sp³-hybridized carbons (Fsp3) is 0.467. The lowest BCUT2D eigenvalue weighted by atomic mass is 9.37. The molecule has 1 saturated carbocycles. The molecule has 7 nitrogen and oxygen atoms in total. The average molecular weight is 498 g/mol. The maximum absolute atomic E-state index is 7.01. The second-order valence-corrected chi connectivity index (χ2v) is 11.6. The van der Waals surface area contributed by atoms with Gasteiger partial charge in [-0.2, -0.15) is 0 Å². The molecule has 1 saturated heterocycles. The Hall–Kier alpha value is -3.16. The SMILES string of the molecule is COc1ccc2c3c1O[C@H]1[C@@]4(OC)C=C[C@@]5(C[C@@H]4c4nnc(-c6ccc(C)cc6)o4)[C@@H](C2)N(C)CC[C@]315. The van der Waals surface area contributed by atoms with Gasteiger partial charge in [-0.05, 0) is 63.5 Å². The number of nitrogens with zero attached hydrogens (tertiary/aromatic N) is 3. The predicted molar refractivity (Wildman–Crippen MR) is 137 cm³/mol. The van der Waals surface area contributed by atoms with Gasteiger partial charge in [0.2, 0.25) is 11.8 Å². The monoisotopic (exact) mass is 497 g/mol. The van der Waals surface area contributed by atoms with Crippen LogP contribution in [0.3, 0.4) is 0 Å². The molecule has 0 radical (unpaired) electrons. The van der Waals surface area contributed by atoms with Crippen LogP contribution in [0.4, 0.5) is 0 Å². The van der Waals surface area contributed by atoms with E-state index >= 15 is 0 Å². The van der Waals surface area contributed by atoms with Crippen LogP contribution in [-0.2, 0) is 16.6 Å². The zero-order valence-corrected chi connectivity index (χ0v) is 21.7. The van der Waals surface area contributed by atoms with Crippen molar-refractivity contribution in [2.75, 3.05) is 27.8 Å². The molecule has 1 aromatic heterocycles. The maximum Gasteiger partial charge on any atom is 0.247 e. The minimum atomic E-state index is -0.724. The Morgan fingerprint density at radius 3 is 2.68 bits per heavy atom. The molecule has 0 amide bonds. The molecule has 2 aromatic carbocycles. The lowest BCUT2D eigenvalue weighted by Gasteiger charge is -2.70. The first kappa shape index (κ1) is 21.9. The van der Waals surface area contributed by atoms with Crippen molar-refractivity contribution in [2.24, 2.45) is 5.41 Å². The van der Waals surface area contributed by atoms with Gasteiger partial charge in [0.15, 0.2) is 11.5 Å². The molecule has 0 unspecified atom stereocenters. The number of ether oxygens (including phenoxy) is 3. The fourth-order valence-corrected chi connectivity index (χ4v) is 8.67. The molecule has 2 aliphatic heterocycles. The van der Waals surface area contributed by atoms with Gasteiger partial charge in [0.05, 0.1) is 18.4 Å². The summed E-state index contributed by atoms with van der Waals surface area (Å²) in [6.07, 6.45) is 7.38. The lowest BCUT2D eigenvalue weighted by Crippen LogP contribution is -2.78. The van der Waals surface area contributed by atoms with Crippen molar-refractivity contribution in [3.05, 3.63) is 71.1 Å². The largest absolute Gasteiger partial charge is 0.493 e. The first-order chi connectivity index (χ1) is 18.0. The third-order valence-corrected chi connectivity index (χ3v) is 10.3. The Labute approximate surface area is 216 Å². The summed E-state index contributed by atoms with van der Waals surface area (Å²) in [7, 11) is 5.79.